The summed E-state index contributed by atoms with van der Waals surface area (Å²) in [6.45, 7) is -0.268. The maximum atomic E-state index is 13.9. The Labute approximate surface area is 218 Å². The lowest BCUT2D eigenvalue weighted by atomic mass is 9.83. The minimum atomic E-state index is -4.78. The van der Waals surface area contributed by atoms with Gasteiger partial charge < -0.3 is 21.3 Å². The highest BCUT2D eigenvalue weighted by Gasteiger charge is 2.41. The summed E-state index contributed by atoms with van der Waals surface area (Å²) in [5.74, 6) is -7.91. The normalized spacial score (nSPS) is 17.5. The summed E-state index contributed by atoms with van der Waals surface area (Å²) in [6, 6.07) is 10.5. The third kappa shape index (κ3) is 8.32. The predicted molar refractivity (Wildman–Crippen MR) is 127 cm³/mol. The summed E-state index contributed by atoms with van der Waals surface area (Å²) < 4.78 is 91.4. The summed E-state index contributed by atoms with van der Waals surface area (Å²) in [4.78, 5) is 39.7. The van der Waals surface area contributed by atoms with Gasteiger partial charge in [0, 0.05) is 30.4 Å². The van der Waals surface area contributed by atoms with Gasteiger partial charge in [-0.05, 0) is 43.2 Å². The lowest BCUT2D eigenvalue weighted by Crippen LogP contribution is -2.52. The lowest BCUT2D eigenvalue weighted by molar-refractivity contribution is -0.152. The van der Waals surface area contributed by atoms with Crippen LogP contribution >= 0.6 is 0 Å². The molecular formula is C25H25F7N4O3. The highest BCUT2D eigenvalue weighted by atomic mass is 19.4. The fraction of sp³-hybridized carbons (Fsp3) is 0.400. The van der Waals surface area contributed by atoms with Crippen molar-refractivity contribution in [1.29, 1.82) is 0 Å². The first kappa shape index (κ1) is 29.7. The fourth-order valence-corrected chi connectivity index (χ4v) is 4.36. The number of carbonyl (C=O) groups is 3. The molecule has 0 spiro atoms. The predicted octanol–water partition coefficient (Wildman–Crippen LogP) is 4.80. The van der Waals surface area contributed by atoms with Gasteiger partial charge in [-0.25, -0.2) is 4.39 Å². The van der Waals surface area contributed by atoms with Crippen molar-refractivity contribution in [3.05, 3.63) is 54.3 Å². The second-order valence-electron chi connectivity index (χ2n) is 9.08. The Bertz CT molecular complexity index is 1190. The maximum absolute atomic E-state index is 13.9. The van der Waals surface area contributed by atoms with Crippen LogP contribution < -0.4 is 21.3 Å². The van der Waals surface area contributed by atoms with E-state index >= 15 is 0 Å². The number of primary amides is 1. The molecule has 0 radical (unpaired) electrons. The van der Waals surface area contributed by atoms with Crippen LogP contribution in [0.2, 0.25) is 0 Å². The van der Waals surface area contributed by atoms with E-state index in [1.165, 1.54) is 6.07 Å². The van der Waals surface area contributed by atoms with E-state index in [2.05, 4.69) is 10.6 Å². The van der Waals surface area contributed by atoms with Crippen molar-refractivity contribution >= 4 is 34.8 Å². The Morgan fingerprint density at radius 3 is 2.13 bits per heavy atom. The molecule has 2 aromatic carbocycles. The second-order valence-corrected chi connectivity index (χ2v) is 9.08. The molecule has 0 aromatic heterocycles. The fourth-order valence-electron chi connectivity index (χ4n) is 4.36. The molecular weight excluding hydrogens is 537 g/mol. The van der Waals surface area contributed by atoms with Gasteiger partial charge in [-0.2, -0.15) is 26.3 Å². The molecule has 212 valence electrons. The first-order valence-corrected chi connectivity index (χ1v) is 11.8. The molecule has 7 nitrogen and oxygen atoms in total. The largest absolute Gasteiger partial charge is 0.389 e. The molecule has 1 heterocycles. The monoisotopic (exact) mass is 562 g/mol. The van der Waals surface area contributed by atoms with Crippen molar-refractivity contribution in [3.8, 4) is 0 Å². The van der Waals surface area contributed by atoms with Crippen LogP contribution in [0.25, 0.3) is 0 Å². The van der Waals surface area contributed by atoms with Crippen LogP contribution in [0, 0.1) is 17.7 Å². The molecule has 3 atom stereocenters. The first-order chi connectivity index (χ1) is 18.1. The number of hydrogen-bond acceptors (Lipinski definition) is 4. The van der Waals surface area contributed by atoms with Crippen LogP contribution in [0.5, 0.6) is 0 Å². The topological polar surface area (TPSA) is 105 Å². The van der Waals surface area contributed by atoms with Crippen molar-refractivity contribution < 1.29 is 45.1 Å². The van der Waals surface area contributed by atoms with Crippen molar-refractivity contribution in [3.63, 3.8) is 0 Å². The Morgan fingerprint density at radius 2 is 1.56 bits per heavy atom. The highest BCUT2D eigenvalue weighted by molar-refractivity contribution is 6.02. The smallest absolute Gasteiger partial charge is 0.369 e. The third-order valence-corrected chi connectivity index (χ3v) is 6.24. The van der Waals surface area contributed by atoms with Gasteiger partial charge in [0.15, 0.2) is 0 Å². The molecule has 0 unspecified atom stereocenters. The Hall–Kier alpha value is -3.84. The number of nitrogens with zero attached hydrogens (tertiary/aromatic N) is 1. The number of carbonyl (C=O) groups excluding carboxylic acids is 3. The average molecular weight is 562 g/mol. The zero-order valence-electron chi connectivity index (χ0n) is 20.3. The average Bonchev–Trinajstić information content (AvgIpc) is 2.95. The number of para-hydroxylation sites is 1. The molecule has 1 aliphatic heterocycles. The summed E-state index contributed by atoms with van der Waals surface area (Å²) in [7, 11) is 0. The zero-order chi connectivity index (χ0) is 29.0. The van der Waals surface area contributed by atoms with Crippen molar-refractivity contribution in [2.24, 2.45) is 17.6 Å². The van der Waals surface area contributed by atoms with Gasteiger partial charge >= 0.3 is 12.4 Å². The van der Waals surface area contributed by atoms with E-state index in [0.717, 1.165) is 12.1 Å². The number of nitrogens with two attached hydrogens (primary N) is 1. The molecule has 14 heteroatoms. The molecule has 3 rings (SSSR count). The van der Waals surface area contributed by atoms with Crippen LogP contribution in [0.15, 0.2) is 48.5 Å². The van der Waals surface area contributed by atoms with E-state index < -0.39 is 79.5 Å². The lowest BCUT2D eigenvalue weighted by Gasteiger charge is -2.29. The third-order valence-electron chi connectivity index (χ3n) is 6.24. The van der Waals surface area contributed by atoms with E-state index in [-0.39, 0.29) is 12.2 Å². The second kappa shape index (κ2) is 11.9. The molecule has 2 aromatic rings. The molecule has 0 fully saturated rings. The van der Waals surface area contributed by atoms with E-state index in [9.17, 15) is 45.1 Å². The van der Waals surface area contributed by atoms with Crippen molar-refractivity contribution in [1.82, 2.24) is 5.32 Å². The molecule has 4 N–H and O–H groups in total. The van der Waals surface area contributed by atoms with Gasteiger partial charge in [0.1, 0.15) is 11.9 Å². The Balaban J connectivity index is 1.92. The van der Waals surface area contributed by atoms with Gasteiger partial charge in [-0.3, -0.25) is 14.4 Å². The van der Waals surface area contributed by atoms with Gasteiger partial charge in [0.25, 0.3) is 0 Å². The van der Waals surface area contributed by atoms with Gasteiger partial charge in [0.2, 0.25) is 17.7 Å². The highest BCUT2D eigenvalue weighted by Crippen LogP contribution is 2.36. The van der Waals surface area contributed by atoms with Gasteiger partial charge in [-0.1, -0.05) is 18.2 Å². The van der Waals surface area contributed by atoms with Crippen molar-refractivity contribution in [2.45, 2.75) is 44.1 Å². The molecule has 1 aliphatic rings. The molecule has 0 saturated heterocycles. The van der Waals surface area contributed by atoms with Crippen molar-refractivity contribution in [2.75, 3.05) is 16.8 Å². The van der Waals surface area contributed by atoms with E-state index in [1.807, 2.05) is 0 Å². The van der Waals surface area contributed by atoms with E-state index in [1.54, 1.807) is 35.2 Å². The number of rotatable bonds is 9. The number of benzene rings is 2. The zero-order valence-corrected chi connectivity index (χ0v) is 20.3. The molecule has 3 amide bonds. The van der Waals surface area contributed by atoms with Crippen LogP contribution in [0.3, 0.4) is 0 Å². The minimum Gasteiger partial charge on any atom is -0.369 e. The Kier molecular flexibility index (Phi) is 9.07. The number of hydrogen-bond donors (Lipinski definition) is 3. The first-order valence-electron chi connectivity index (χ1n) is 11.8. The quantitative estimate of drug-likeness (QED) is 0.382. The Morgan fingerprint density at radius 1 is 0.974 bits per heavy atom. The van der Waals surface area contributed by atoms with E-state index in [4.69, 9.17) is 5.73 Å². The van der Waals surface area contributed by atoms with Crippen LogP contribution in [0.1, 0.15) is 25.7 Å². The molecule has 0 aliphatic carbocycles. The summed E-state index contributed by atoms with van der Waals surface area (Å²) in [5.41, 5.74) is 6.13. The van der Waals surface area contributed by atoms with Crippen LogP contribution in [-0.4, -0.2) is 42.7 Å². The number of anilines is 3. The van der Waals surface area contributed by atoms with Gasteiger partial charge in [0.05, 0.1) is 17.9 Å². The number of alkyl halides is 6. The maximum Gasteiger partial charge on any atom is 0.389 e. The molecule has 39 heavy (non-hydrogen) atoms. The molecule has 0 bridgehead atoms. The standard InChI is InChI=1S/C25H25F7N4O3/c26-14-6-7-20-18(12-14)34-23(39)19(13-36(20)15-4-2-1-3-5-15)35-22(38)17(9-11-25(30,31)32)16(21(33)37)8-10-24(27,28)29/h1-7,12,16-17,19H,8-11,13H2,(H2,33,37)(H,34,39)(H,35,38)/t16-,17+,19-/m0/s1. The number of nitrogens with one attached hydrogen (secondary N) is 2. The number of halogens is 7. The summed E-state index contributed by atoms with van der Waals surface area (Å²) >= 11 is 0. The minimum absolute atomic E-state index is 0.0504. The van der Waals surface area contributed by atoms with Crippen LogP contribution in [-0.2, 0) is 14.4 Å². The SMILES string of the molecule is NC(=O)[C@@H](CCC(F)(F)F)[C@@H](CCC(F)(F)F)C(=O)N[C@H]1CN(c2ccccc2)c2ccc(F)cc2NC1=O. The number of amides is 3. The van der Waals surface area contributed by atoms with Crippen LogP contribution in [0.4, 0.5) is 47.8 Å². The summed E-state index contributed by atoms with van der Waals surface area (Å²) in [5, 5.41) is 4.74. The van der Waals surface area contributed by atoms with E-state index in [0.29, 0.717) is 11.4 Å². The summed E-state index contributed by atoms with van der Waals surface area (Å²) in [6.07, 6.45) is -14.7. The molecule has 0 saturated carbocycles. The van der Waals surface area contributed by atoms with Gasteiger partial charge in [-0.15, -0.1) is 0 Å². The number of fused-ring (bicyclic) bond motifs is 1.